The van der Waals surface area contributed by atoms with Crippen molar-refractivity contribution in [1.29, 1.82) is 0 Å². The summed E-state index contributed by atoms with van der Waals surface area (Å²) in [6.07, 6.45) is 3.33. The lowest BCUT2D eigenvalue weighted by atomic mass is 10.1. The van der Waals surface area contributed by atoms with Crippen molar-refractivity contribution in [2.75, 3.05) is 31.6 Å². The van der Waals surface area contributed by atoms with Crippen molar-refractivity contribution in [2.24, 2.45) is 0 Å². The molecule has 1 atom stereocenters. The third-order valence-electron chi connectivity index (χ3n) is 5.76. The predicted molar refractivity (Wildman–Crippen MR) is 111 cm³/mol. The average molecular weight is 392 g/mol. The number of anilines is 1. The zero-order valence-electron chi connectivity index (χ0n) is 16.3. The van der Waals surface area contributed by atoms with Crippen LogP contribution in [0.15, 0.2) is 58.0 Å². The van der Waals surface area contributed by atoms with Crippen molar-refractivity contribution >= 4 is 22.3 Å². The Morgan fingerprint density at radius 3 is 2.86 bits per heavy atom. The number of benzene rings is 1. The van der Waals surface area contributed by atoms with Gasteiger partial charge in [0.1, 0.15) is 5.58 Å². The standard InChI is InChI=1S/C22H21FN4O2/c1-14-12-26(9-8-25(14)2)16-6-5-15-10-17(22(28)29-20(15)11-16)19-13-27-7-3-4-18(23)21(27)24-19/h3-7,10-11,13-14H,8-9,12H2,1-2H3. The van der Waals surface area contributed by atoms with Crippen LogP contribution >= 0.6 is 0 Å². The Bertz CT molecular complexity index is 1280. The smallest absolute Gasteiger partial charge is 0.345 e. The molecule has 5 rings (SSSR count). The molecule has 7 heteroatoms. The fourth-order valence-corrected chi connectivity index (χ4v) is 3.87. The van der Waals surface area contributed by atoms with Gasteiger partial charge in [-0.2, -0.15) is 0 Å². The predicted octanol–water partition coefficient (Wildman–Crippen LogP) is 3.39. The van der Waals surface area contributed by atoms with Crippen molar-refractivity contribution < 1.29 is 8.81 Å². The van der Waals surface area contributed by atoms with Crippen LogP contribution in [-0.2, 0) is 0 Å². The van der Waals surface area contributed by atoms with Gasteiger partial charge in [0.05, 0.1) is 11.3 Å². The summed E-state index contributed by atoms with van der Waals surface area (Å²) in [6.45, 7) is 5.06. The number of rotatable bonds is 2. The van der Waals surface area contributed by atoms with Crippen LogP contribution in [0.25, 0.3) is 27.9 Å². The number of aromatic nitrogens is 2. The summed E-state index contributed by atoms with van der Waals surface area (Å²) in [5.41, 5.74) is 2.00. The van der Waals surface area contributed by atoms with E-state index in [2.05, 4.69) is 28.8 Å². The minimum Gasteiger partial charge on any atom is -0.422 e. The Labute approximate surface area is 166 Å². The second-order valence-corrected chi connectivity index (χ2v) is 7.66. The maximum Gasteiger partial charge on any atom is 0.345 e. The maximum absolute atomic E-state index is 13.9. The molecule has 0 bridgehead atoms. The quantitative estimate of drug-likeness (QED) is 0.490. The lowest BCUT2D eigenvalue weighted by Crippen LogP contribution is -2.50. The lowest BCUT2D eigenvalue weighted by Gasteiger charge is -2.39. The number of pyridine rings is 1. The van der Waals surface area contributed by atoms with E-state index in [1.807, 2.05) is 18.2 Å². The molecule has 0 saturated carbocycles. The van der Waals surface area contributed by atoms with Gasteiger partial charge in [-0.25, -0.2) is 14.2 Å². The van der Waals surface area contributed by atoms with E-state index in [-0.39, 0.29) is 5.65 Å². The summed E-state index contributed by atoms with van der Waals surface area (Å²) in [4.78, 5) is 21.6. The van der Waals surface area contributed by atoms with E-state index in [9.17, 15) is 9.18 Å². The fraction of sp³-hybridized carbons (Fsp3) is 0.273. The first kappa shape index (κ1) is 17.9. The van der Waals surface area contributed by atoms with Crippen LogP contribution in [0, 0.1) is 5.82 Å². The van der Waals surface area contributed by atoms with Crippen LogP contribution in [0.1, 0.15) is 6.92 Å². The summed E-state index contributed by atoms with van der Waals surface area (Å²) < 4.78 is 21.1. The van der Waals surface area contributed by atoms with Gasteiger partial charge in [-0.3, -0.25) is 0 Å². The average Bonchev–Trinajstić information content (AvgIpc) is 3.14. The number of hydrogen-bond acceptors (Lipinski definition) is 5. The van der Waals surface area contributed by atoms with Crippen LogP contribution in [0.4, 0.5) is 10.1 Å². The molecule has 0 amide bonds. The molecule has 1 aliphatic heterocycles. The molecule has 0 radical (unpaired) electrons. The van der Waals surface area contributed by atoms with Gasteiger partial charge in [-0.15, -0.1) is 0 Å². The highest BCUT2D eigenvalue weighted by molar-refractivity contribution is 5.84. The Hall–Kier alpha value is -3.19. The van der Waals surface area contributed by atoms with Crippen molar-refractivity contribution in [3.8, 4) is 11.3 Å². The van der Waals surface area contributed by atoms with Crippen molar-refractivity contribution in [2.45, 2.75) is 13.0 Å². The van der Waals surface area contributed by atoms with Crippen molar-refractivity contribution in [3.63, 3.8) is 0 Å². The molecule has 1 fully saturated rings. The summed E-state index contributed by atoms with van der Waals surface area (Å²) >= 11 is 0. The number of imidazole rings is 1. The molecular formula is C22H21FN4O2. The molecule has 1 aromatic carbocycles. The number of likely N-dealkylation sites (N-methyl/N-ethyl adjacent to an activating group) is 1. The molecule has 4 heterocycles. The largest absolute Gasteiger partial charge is 0.422 e. The molecule has 0 aliphatic carbocycles. The number of fused-ring (bicyclic) bond motifs is 2. The first-order valence-corrected chi connectivity index (χ1v) is 9.66. The van der Waals surface area contributed by atoms with Crippen LogP contribution in [-0.4, -0.2) is 47.0 Å². The highest BCUT2D eigenvalue weighted by Crippen LogP contribution is 2.26. The Morgan fingerprint density at radius 1 is 1.21 bits per heavy atom. The molecule has 148 valence electrons. The van der Waals surface area contributed by atoms with Crippen LogP contribution in [0.2, 0.25) is 0 Å². The van der Waals surface area contributed by atoms with Crippen LogP contribution < -0.4 is 10.5 Å². The molecule has 1 aliphatic rings. The molecule has 1 saturated heterocycles. The third-order valence-corrected chi connectivity index (χ3v) is 5.76. The van der Waals surface area contributed by atoms with E-state index in [1.165, 1.54) is 6.07 Å². The lowest BCUT2D eigenvalue weighted by molar-refractivity contribution is 0.234. The van der Waals surface area contributed by atoms with Crippen molar-refractivity contribution in [1.82, 2.24) is 14.3 Å². The van der Waals surface area contributed by atoms with Crippen LogP contribution in [0.3, 0.4) is 0 Å². The van der Waals surface area contributed by atoms with Gasteiger partial charge in [0, 0.05) is 55.2 Å². The summed E-state index contributed by atoms with van der Waals surface area (Å²) in [5, 5.41) is 0.808. The highest BCUT2D eigenvalue weighted by Gasteiger charge is 2.21. The number of hydrogen-bond donors (Lipinski definition) is 0. The van der Waals surface area contributed by atoms with Gasteiger partial charge in [0.15, 0.2) is 11.5 Å². The Balaban J connectivity index is 1.55. The second kappa shape index (κ2) is 6.70. The summed E-state index contributed by atoms with van der Waals surface area (Å²) in [7, 11) is 2.13. The van der Waals surface area contributed by atoms with E-state index in [0.717, 1.165) is 30.7 Å². The SMILES string of the molecule is CC1CN(c2ccc3cc(-c4cn5cccc(F)c5n4)c(=O)oc3c2)CCN1C. The van der Waals surface area contributed by atoms with Gasteiger partial charge < -0.3 is 18.6 Å². The maximum atomic E-state index is 13.9. The molecular weight excluding hydrogens is 371 g/mol. The fourth-order valence-electron chi connectivity index (χ4n) is 3.87. The normalized spacial score (nSPS) is 18.0. The third kappa shape index (κ3) is 3.07. The van der Waals surface area contributed by atoms with E-state index < -0.39 is 11.4 Å². The first-order valence-electron chi connectivity index (χ1n) is 9.66. The van der Waals surface area contributed by atoms with E-state index in [0.29, 0.717) is 22.9 Å². The first-order chi connectivity index (χ1) is 14.0. The molecule has 3 aromatic heterocycles. The second-order valence-electron chi connectivity index (χ2n) is 7.66. The molecule has 0 N–H and O–H groups in total. The van der Waals surface area contributed by atoms with Crippen LogP contribution in [0.5, 0.6) is 0 Å². The summed E-state index contributed by atoms with van der Waals surface area (Å²) in [5.74, 6) is -0.435. The topological polar surface area (TPSA) is 54.0 Å². The monoisotopic (exact) mass is 392 g/mol. The minimum atomic E-state index is -0.481. The molecule has 1 unspecified atom stereocenters. The Morgan fingerprint density at radius 2 is 2.07 bits per heavy atom. The van der Waals surface area contributed by atoms with Crippen molar-refractivity contribution in [3.05, 3.63) is 65.0 Å². The van der Waals surface area contributed by atoms with E-state index in [4.69, 9.17) is 4.42 Å². The highest BCUT2D eigenvalue weighted by atomic mass is 19.1. The van der Waals surface area contributed by atoms with Gasteiger partial charge >= 0.3 is 5.63 Å². The number of halogens is 1. The molecule has 0 spiro atoms. The minimum absolute atomic E-state index is 0.182. The zero-order chi connectivity index (χ0) is 20.1. The molecule has 29 heavy (non-hydrogen) atoms. The molecule has 6 nitrogen and oxygen atoms in total. The van der Waals surface area contributed by atoms with Gasteiger partial charge in [-0.1, -0.05) is 0 Å². The zero-order valence-corrected chi connectivity index (χ0v) is 16.3. The van der Waals surface area contributed by atoms with Gasteiger partial charge in [0.2, 0.25) is 0 Å². The van der Waals surface area contributed by atoms with Gasteiger partial charge in [-0.05, 0) is 44.3 Å². The molecule has 4 aromatic rings. The number of nitrogens with zero attached hydrogens (tertiary/aromatic N) is 4. The Kier molecular flexibility index (Phi) is 4.13. The van der Waals surface area contributed by atoms with E-state index in [1.54, 1.807) is 28.9 Å². The number of piperazine rings is 1. The van der Waals surface area contributed by atoms with Gasteiger partial charge in [0.25, 0.3) is 0 Å². The van der Waals surface area contributed by atoms with E-state index >= 15 is 0 Å². The summed E-state index contributed by atoms with van der Waals surface area (Å²) in [6, 6.07) is 11.1.